The number of allylic oxidation sites excluding steroid dienone is 3. The first-order valence-corrected chi connectivity index (χ1v) is 17.4. The molecule has 2 fully saturated rings. The Bertz CT molecular complexity index is 1620. The minimum Gasteiger partial charge on any atom is -0.479 e. The Morgan fingerprint density at radius 2 is 1.98 bits per heavy atom. The van der Waals surface area contributed by atoms with Gasteiger partial charge in [-0.2, -0.15) is 0 Å². The number of carbonyl (C=O) groups is 1. The maximum Gasteiger partial charge on any atom is 0.259 e. The molecule has 4 heterocycles. The maximum absolute atomic E-state index is 14.1. The molecule has 1 amide bonds. The van der Waals surface area contributed by atoms with Crippen LogP contribution in [0.1, 0.15) is 57.9 Å². The van der Waals surface area contributed by atoms with Gasteiger partial charge in [0.1, 0.15) is 0 Å². The number of anilines is 1. The van der Waals surface area contributed by atoms with Gasteiger partial charge in [-0.15, -0.1) is 0 Å². The van der Waals surface area contributed by atoms with Crippen LogP contribution in [0.15, 0.2) is 90.3 Å². The van der Waals surface area contributed by atoms with Crippen molar-refractivity contribution in [1.82, 2.24) is 29.6 Å². The van der Waals surface area contributed by atoms with E-state index in [1.807, 2.05) is 30.4 Å². The first kappa shape index (κ1) is 32.8. The molecule has 3 aliphatic heterocycles. The van der Waals surface area contributed by atoms with Crippen molar-refractivity contribution >= 4 is 22.9 Å². The van der Waals surface area contributed by atoms with Crippen LogP contribution in [-0.4, -0.2) is 76.0 Å². The van der Waals surface area contributed by atoms with Crippen LogP contribution < -0.4 is 10.6 Å². The molecule has 1 saturated heterocycles. The number of nitrogens with zero attached hydrogens (tertiary/aromatic N) is 5. The number of fused-ring (bicyclic) bond motifs is 4. The lowest BCUT2D eigenvalue weighted by Crippen LogP contribution is -2.46. The van der Waals surface area contributed by atoms with Crippen molar-refractivity contribution in [3.63, 3.8) is 0 Å². The third kappa shape index (κ3) is 7.57. The minimum atomic E-state index is -0.230. The van der Waals surface area contributed by atoms with E-state index in [2.05, 4.69) is 76.3 Å². The molecule has 2 N–H and O–H groups in total. The summed E-state index contributed by atoms with van der Waals surface area (Å²) in [5.74, 6) is 1.30. The van der Waals surface area contributed by atoms with Crippen molar-refractivity contribution in [3.05, 3.63) is 95.8 Å². The smallest absolute Gasteiger partial charge is 0.259 e. The average Bonchev–Trinajstić information content (AvgIpc) is 3.87. The molecule has 2 bridgehead atoms. The molecule has 1 unspecified atom stereocenters. The summed E-state index contributed by atoms with van der Waals surface area (Å²) >= 11 is 0. The summed E-state index contributed by atoms with van der Waals surface area (Å²) in [6.45, 7) is 19.6. The Morgan fingerprint density at radius 1 is 1.17 bits per heavy atom. The van der Waals surface area contributed by atoms with Gasteiger partial charge in [0, 0.05) is 81.6 Å². The van der Waals surface area contributed by atoms with Crippen molar-refractivity contribution in [1.29, 1.82) is 0 Å². The summed E-state index contributed by atoms with van der Waals surface area (Å²) in [6.07, 6.45) is 16.1. The molecule has 9 nitrogen and oxygen atoms in total. The van der Waals surface area contributed by atoms with E-state index in [1.165, 1.54) is 18.4 Å². The lowest BCUT2D eigenvalue weighted by Gasteiger charge is -2.34. The lowest BCUT2D eigenvalue weighted by molar-refractivity contribution is -0.112. The summed E-state index contributed by atoms with van der Waals surface area (Å²) in [5, 5.41) is 6.41. The molecule has 47 heavy (non-hydrogen) atoms. The Hall–Kier alpha value is -4.08. The highest BCUT2D eigenvalue weighted by Gasteiger charge is 2.31. The number of carbonyl (C=O) groups excluding carboxylic acids is 1. The van der Waals surface area contributed by atoms with E-state index in [0.29, 0.717) is 29.9 Å². The van der Waals surface area contributed by atoms with Gasteiger partial charge in [0.2, 0.25) is 5.95 Å². The number of rotatable bonds is 8. The highest BCUT2D eigenvalue weighted by Crippen LogP contribution is 2.33. The number of piperazine rings is 1. The molecular weight excluding hydrogens is 586 g/mol. The van der Waals surface area contributed by atoms with Crippen LogP contribution in [0.4, 0.5) is 5.95 Å². The normalized spacial score (nSPS) is 23.8. The van der Waals surface area contributed by atoms with Crippen molar-refractivity contribution < 1.29 is 9.53 Å². The van der Waals surface area contributed by atoms with Gasteiger partial charge in [-0.1, -0.05) is 51.6 Å². The molecule has 1 aromatic carbocycles. The second kappa shape index (κ2) is 14.8. The fraction of sp³-hybridized carbons (Fsp3) is 0.474. The largest absolute Gasteiger partial charge is 0.479 e. The summed E-state index contributed by atoms with van der Waals surface area (Å²) in [4.78, 5) is 26.2. The molecular formula is C38H51N7O2. The third-order valence-electron chi connectivity index (χ3n) is 9.65. The Balaban J connectivity index is 1.33. The van der Waals surface area contributed by atoms with Crippen molar-refractivity contribution in [2.45, 2.75) is 71.5 Å². The maximum atomic E-state index is 14.1. The van der Waals surface area contributed by atoms with Gasteiger partial charge in [0.05, 0.1) is 23.2 Å². The van der Waals surface area contributed by atoms with E-state index in [0.717, 1.165) is 98.9 Å². The number of hydrogen-bond donors (Lipinski definition) is 2. The molecule has 4 aliphatic rings. The first-order chi connectivity index (χ1) is 22.9. The first-order valence-electron chi connectivity index (χ1n) is 17.4. The van der Waals surface area contributed by atoms with Gasteiger partial charge in [0.15, 0.2) is 5.88 Å². The number of imidazole rings is 1. The molecule has 6 rings (SSSR count). The Labute approximate surface area is 280 Å². The van der Waals surface area contributed by atoms with Gasteiger partial charge in [-0.25, -0.2) is 4.98 Å². The molecule has 1 aliphatic carbocycles. The SMILES string of the molecule is C=C/C1=C(\NC)OCCCC(C)Cn2c(nc3ccc(CN4CCN(C5CC5)CC4)cc32)NC(=O)C2=CN(/C=C\CCC)C(=C)C1=C2. The van der Waals surface area contributed by atoms with Gasteiger partial charge >= 0.3 is 0 Å². The fourth-order valence-electron chi connectivity index (χ4n) is 6.81. The zero-order valence-electron chi connectivity index (χ0n) is 28.4. The molecule has 1 saturated carbocycles. The Kier molecular flexibility index (Phi) is 10.3. The minimum absolute atomic E-state index is 0.230. The molecule has 1 atom stereocenters. The number of unbranched alkanes of at least 4 members (excludes halogenated alkanes) is 1. The van der Waals surface area contributed by atoms with Crippen LogP contribution in [-0.2, 0) is 22.6 Å². The summed E-state index contributed by atoms with van der Waals surface area (Å²) in [7, 11) is 1.84. The number of ether oxygens (including phenoxy) is 1. The van der Waals surface area contributed by atoms with Crippen LogP contribution in [0.5, 0.6) is 0 Å². The zero-order valence-corrected chi connectivity index (χ0v) is 28.4. The zero-order chi connectivity index (χ0) is 32.9. The van der Waals surface area contributed by atoms with E-state index in [1.54, 1.807) is 6.08 Å². The summed E-state index contributed by atoms with van der Waals surface area (Å²) < 4.78 is 8.49. The predicted octanol–water partition coefficient (Wildman–Crippen LogP) is 6.27. The van der Waals surface area contributed by atoms with E-state index in [9.17, 15) is 4.79 Å². The predicted molar refractivity (Wildman–Crippen MR) is 190 cm³/mol. The number of aromatic nitrogens is 2. The molecule has 2 aromatic rings. The van der Waals surface area contributed by atoms with Gasteiger partial charge in [0.25, 0.3) is 5.91 Å². The van der Waals surface area contributed by atoms with E-state index in [4.69, 9.17) is 9.72 Å². The van der Waals surface area contributed by atoms with Crippen molar-refractivity contribution in [2.24, 2.45) is 5.92 Å². The number of benzene rings is 1. The van der Waals surface area contributed by atoms with Crippen LogP contribution in [0.25, 0.3) is 11.0 Å². The van der Waals surface area contributed by atoms with E-state index < -0.39 is 0 Å². The second-order valence-electron chi connectivity index (χ2n) is 13.3. The van der Waals surface area contributed by atoms with Crippen LogP contribution in [0.3, 0.4) is 0 Å². The summed E-state index contributed by atoms with van der Waals surface area (Å²) in [5.41, 5.74) is 6.01. The molecule has 0 spiro atoms. The average molecular weight is 638 g/mol. The second-order valence-corrected chi connectivity index (χ2v) is 13.3. The fourth-order valence-corrected chi connectivity index (χ4v) is 6.81. The highest BCUT2D eigenvalue weighted by atomic mass is 16.5. The van der Waals surface area contributed by atoms with Crippen LogP contribution in [0, 0.1) is 5.92 Å². The lowest BCUT2D eigenvalue weighted by atomic mass is 9.96. The number of hydrogen-bond acceptors (Lipinski definition) is 7. The summed E-state index contributed by atoms with van der Waals surface area (Å²) in [6, 6.07) is 7.41. The molecule has 9 heteroatoms. The number of nitrogens with one attached hydrogen (secondary N) is 2. The Morgan fingerprint density at radius 3 is 2.70 bits per heavy atom. The quantitative estimate of drug-likeness (QED) is 0.353. The monoisotopic (exact) mass is 637 g/mol. The van der Waals surface area contributed by atoms with Crippen molar-refractivity contribution in [3.8, 4) is 0 Å². The van der Waals surface area contributed by atoms with E-state index >= 15 is 0 Å². The van der Waals surface area contributed by atoms with Gasteiger partial charge in [-0.05, 0) is 61.8 Å². The third-order valence-corrected chi connectivity index (χ3v) is 9.65. The van der Waals surface area contributed by atoms with Crippen molar-refractivity contribution in [2.75, 3.05) is 45.2 Å². The van der Waals surface area contributed by atoms with Gasteiger partial charge in [-0.3, -0.25) is 19.9 Å². The van der Waals surface area contributed by atoms with Gasteiger partial charge < -0.3 is 19.5 Å². The molecule has 250 valence electrons. The highest BCUT2D eigenvalue weighted by molar-refractivity contribution is 6.06. The molecule has 0 radical (unpaired) electrons. The molecule has 1 aromatic heterocycles. The number of amides is 1. The van der Waals surface area contributed by atoms with Crippen LogP contribution in [0.2, 0.25) is 0 Å². The topological polar surface area (TPSA) is 77.9 Å². The van der Waals surface area contributed by atoms with Crippen LogP contribution >= 0.6 is 0 Å². The standard InChI is InChI=1S/C38H51N7O2/c1-6-8-9-16-44-26-30-23-33(28(44)4)32(7-2)37(39-5)47-21-10-11-27(3)24-45-35-22-29(12-15-34(35)40-38(45)41-36(30)46)25-42-17-19-43(20-18-42)31-13-14-31/h7,9,12,15-16,22-23,26-27,31,39H,2,4,6,8,10-11,13-14,17-21,24-25H2,1,3,5H3,(H,40,41,46)/b16-9-,37-32-. The van der Waals surface area contributed by atoms with E-state index in [-0.39, 0.29) is 5.91 Å².